The molecule has 3 aromatic carbocycles. The Labute approximate surface area is 191 Å². The number of carbonyl (C=O) groups is 1. The van der Waals surface area contributed by atoms with Crippen LogP contribution in [0.1, 0.15) is 36.5 Å². The van der Waals surface area contributed by atoms with Gasteiger partial charge < -0.3 is 9.47 Å². The van der Waals surface area contributed by atoms with Crippen molar-refractivity contribution in [3.05, 3.63) is 94.0 Å². The van der Waals surface area contributed by atoms with Crippen molar-refractivity contribution < 1.29 is 14.3 Å². The highest BCUT2D eigenvalue weighted by atomic mass is 79.9. The molecule has 0 saturated carbocycles. The molecule has 31 heavy (non-hydrogen) atoms. The number of hydrazone groups is 1. The van der Waals surface area contributed by atoms with E-state index in [2.05, 4.69) is 40.3 Å². The first-order chi connectivity index (χ1) is 15.0. The minimum absolute atomic E-state index is 0.117. The molecule has 0 radical (unpaired) electrons. The average Bonchev–Trinajstić information content (AvgIpc) is 2.78. The van der Waals surface area contributed by atoms with E-state index in [1.54, 1.807) is 6.21 Å². The largest absolute Gasteiger partial charge is 0.488 e. The number of carbonyl (C=O) groups excluding carboxylic acids is 1. The van der Waals surface area contributed by atoms with Gasteiger partial charge in [0.1, 0.15) is 18.1 Å². The van der Waals surface area contributed by atoms with Crippen molar-refractivity contribution in [3.8, 4) is 11.5 Å². The monoisotopic (exact) mass is 480 g/mol. The number of rotatable bonds is 9. The summed E-state index contributed by atoms with van der Waals surface area (Å²) in [6.45, 7) is 4.59. The summed E-state index contributed by atoms with van der Waals surface area (Å²) in [7, 11) is 0. The van der Waals surface area contributed by atoms with Gasteiger partial charge in [0.15, 0.2) is 6.61 Å². The van der Waals surface area contributed by atoms with Crippen LogP contribution in [-0.2, 0) is 11.4 Å². The second-order valence-electron chi connectivity index (χ2n) is 7.26. The zero-order valence-electron chi connectivity index (χ0n) is 17.5. The molecule has 0 bridgehead atoms. The van der Waals surface area contributed by atoms with Crippen molar-refractivity contribution in [2.75, 3.05) is 6.61 Å². The molecule has 0 aliphatic heterocycles. The molecule has 0 saturated heterocycles. The third-order valence-corrected chi connectivity index (χ3v) is 5.01. The molecule has 6 heteroatoms. The summed E-state index contributed by atoms with van der Waals surface area (Å²) in [4.78, 5) is 12.1. The predicted molar refractivity (Wildman–Crippen MR) is 127 cm³/mol. The molecule has 3 aromatic rings. The summed E-state index contributed by atoms with van der Waals surface area (Å²) in [6.07, 6.45) is 1.56. The molecular weight excluding hydrogens is 456 g/mol. The lowest BCUT2D eigenvalue weighted by Crippen LogP contribution is -2.24. The van der Waals surface area contributed by atoms with Crippen LogP contribution in [-0.4, -0.2) is 18.7 Å². The van der Waals surface area contributed by atoms with E-state index in [0.29, 0.717) is 24.0 Å². The van der Waals surface area contributed by atoms with E-state index < -0.39 is 0 Å². The number of ether oxygens (including phenoxy) is 2. The van der Waals surface area contributed by atoms with Gasteiger partial charge >= 0.3 is 0 Å². The van der Waals surface area contributed by atoms with Crippen molar-refractivity contribution in [1.29, 1.82) is 0 Å². The van der Waals surface area contributed by atoms with Crippen molar-refractivity contribution in [1.82, 2.24) is 5.43 Å². The lowest BCUT2D eigenvalue weighted by Gasteiger charge is -2.10. The van der Waals surface area contributed by atoms with Crippen LogP contribution in [0, 0.1) is 0 Å². The molecule has 5 nitrogen and oxygen atoms in total. The maximum absolute atomic E-state index is 12.1. The van der Waals surface area contributed by atoms with Crippen molar-refractivity contribution in [3.63, 3.8) is 0 Å². The standard InChI is InChI=1S/C25H25BrN2O3/c1-18(2)20-8-11-23(12-9-20)30-17-25(29)28-27-15-21-14-22(26)10-13-24(21)31-16-19-6-4-3-5-7-19/h3-15,18H,16-17H2,1-2H3,(H,28,29)/b27-15+. The number of amides is 1. The van der Waals surface area contributed by atoms with Crippen LogP contribution in [0.15, 0.2) is 82.4 Å². The average molecular weight is 481 g/mol. The lowest BCUT2D eigenvalue weighted by atomic mass is 10.0. The van der Waals surface area contributed by atoms with E-state index >= 15 is 0 Å². The van der Waals surface area contributed by atoms with E-state index in [-0.39, 0.29) is 12.5 Å². The molecule has 1 N–H and O–H groups in total. The zero-order valence-corrected chi connectivity index (χ0v) is 19.1. The first kappa shape index (κ1) is 22.6. The number of benzene rings is 3. The molecule has 0 spiro atoms. The van der Waals surface area contributed by atoms with Gasteiger partial charge in [0.2, 0.25) is 0 Å². The molecule has 0 fully saturated rings. The molecule has 0 aliphatic carbocycles. The summed E-state index contributed by atoms with van der Waals surface area (Å²) >= 11 is 3.45. The van der Waals surface area contributed by atoms with Gasteiger partial charge in [0, 0.05) is 10.0 Å². The third-order valence-electron chi connectivity index (χ3n) is 4.52. The van der Waals surface area contributed by atoms with Crippen LogP contribution >= 0.6 is 15.9 Å². The molecule has 0 unspecified atom stereocenters. The summed E-state index contributed by atoms with van der Waals surface area (Å²) in [6, 6.07) is 23.3. The Balaban J connectivity index is 1.53. The molecule has 0 aliphatic rings. The highest BCUT2D eigenvalue weighted by Gasteiger charge is 2.06. The van der Waals surface area contributed by atoms with Crippen molar-refractivity contribution in [2.24, 2.45) is 5.10 Å². The Bertz CT molecular complexity index is 1020. The van der Waals surface area contributed by atoms with Gasteiger partial charge in [-0.05, 0) is 47.4 Å². The molecule has 0 heterocycles. The topological polar surface area (TPSA) is 59.9 Å². The Morgan fingerprint density at radius 2 is 1.77 bits per heavy atom. The van der Waals surface area contributed by atoms with Crippen molar-refractivity contribution >= 4 is 28.1 Å². The highest BCUT2D eigenvalue weighted by Crippen LogP contribution is 2.23. The predicted octanol–water partition coefficient (Wildman–Crippen LogP) is 5.68. The van der Waals surface area contributed by atoms with Crippen molar-refractivity contribution in [2.45, 2.75) is 26.4 Å². The first-order valence-electron chi connectivity index (χ1n) is 10.0. The number of halogens is 1. The van der Waals surface area contributed by atoms with E-state index in [1.807, 2.05) is 72.8 Å². The van der Waals surface area contributed by atoms with Gasteiger partial charge in [-0.2, -0.15) is 5.10 Å². The molecular formula is C25H25BrN2O3. The summed E-state index contributed by atoms with van der Waals surface area (Å²) < 4.78 is 12.3. The second-order valence-corrected chi connectivity index (χ2v) is 8.18. The van der Waals surface area contributed by atoms with Gasteiger partial charge in [0.25, 0.3) is 5.91 Å². The van der Waals surface area contributed by atoms with E-state index in [4.69, 9.17) is 9.47 Å². The quantitative estimate of drug-likeness (QED) is 0.316. The number of hydrogen-bond acceptors (Lipinski definition) is 4. The highest BCUT2D eigenvalue weighted by molar-refractivity contribution is 9.10. The van der Waals surface area contributed by atoms with Crippen LogP contribution in [0.2, 0.25) is 0 Å². The Kier molecular flexibility index (Phi) is 8.24. The summed E-state index contributed by atoms with van der Waals surface area (Å²) in [5, 5.41) is 4.04. The minimum Gasteiger partial charge on any atom is -0.488 e. The normalized spacial score (nSPS) is 11.0. The Hall–Kier alpha value is -3.12. The fourth-order valence-corrected chi connectivity index (χ4v) is 3.17. The molecule has 0 atom stereocenters. The fraction of sp³-hybridized carbons (Fsp3) is 0.200. The lowest BCUT2D eigenvalue weighted by molar-refractivity contribution is -0.123. The van der Waals surface area contributed by atoms with Gasteiger partial charge in [0.05, 0.1) is 6.21 Å². The SMILES string of the molecule is CC(C)c1ccc(OCC(=O)N/N=C/c2cc(Br)ccc2OCc2ccccc2)cc1. The smallest absolute Gasteiger partial charge is 0.277 e. The molecule has 160 valence electrons. The summed E-state index contributed by atoms with van der Waals surface area (Å²) in [5.74, 6) is 1.43. The van der Waals surface area contributed by atoms with Crippen LogP contribution in [0.25, 0.3) is 0 Å². The maximum atomic E-state index is 12.1. The van der Waals surface area contributed by atoms with Crippen LogP contribution < -0.4 is 14.9 Å². The molecule has 0 aromatic heterocycles. The molecule has 1 amide bonds. The van der Waals surface area contributed by atoms with Crippen LogP contribution in [0.5, 0.6) is 11.5 Å². The summed E-state index contributed by atoms with van der Waals surface area (Å²) in [5.41, 5.74) is 5.52. The Morgan fingerprint density at radius 3 is 2.48 bits per heavy atom. The van der Waals surface area contributed by atoms with E-state index in [9.17, 15) is 4.79 Å². The number of nitrogens with one attached hydrogen (secondary N) is 1. The van der Waals surface area contributed by atoms with Gasteiger partial charge in [-0.3, -0.25) is 4.79 Å². The van der Waals surface area contributed by atoms with E-state index in [0.717, 1.165) is 15.6 Å². The van der Waals surface area contributed by atoms with Crippen LogP contribution in [0.3, 0.4) is 0 Å². The van der Waals surface area contributed by atoms with Gasteiger partial charge in [-0.1, -0.05) is 72.2 Å². The van der Waals surface area contributed by atoms with Gasteiger partial charge in [-0.15, -0.1) is 0 Å². The van der Waals surface area contributed by atoms with Crippen LogP contribution in [0.4, 0.5) is 0 Å². The number of hydrogen-bond donors (Lipinski definition) is 1. The number of nitrogens with zero attached hydrogens (tertiary/aromatic N) is 1. The molecule has 3 rings (SSSR count). The first-order valence-corrected chi connectivity index (χ1v) is 10.8. The minimum atomic E-state index is -0.342. The third kappa shape index (κ3) is 7.26. The van der Waals surface area contributed by atoms with Gasteiger partial charge in [-0.25, -0.2) is 5.43 Å². The fourth-order valence-electron chi connectivity index (χ4n) is 2.79. The zero-order chi connectivity index (χ0) is 22.1. The van der Waals surface area contributed by atoms with E-state index in [1.165, 1.54) is 5.56 Å². The Morgan fingerprint density at radius 1 is 1.03 bits per heavy atom. The maximum Gasteiger partial charge on any atom is 0.277 e. The second kappa shape index (κ2) is 11.3.